The van der Waals surface area contributed by atoms with Gasteiger partial charge in [-0.2, -0.15) is 0 Å². The predicted molar refractivity (Wildman–Crippen MR) is 90.9 cm³/mol. The molecule has 5 heteroatoms. The molecule has 108 valence electrons. The van der Waals surface area contributed by atoms with E-state index in [4.69, 9.17) is 12.2 Å². The van der Waals surface area contributed by atoms with Gasteiger partial charge in [-0.15, -0.1) is 11.3 Å². The average Bonchev–Trinajstić information content (AvgIpc) is 2.84. The Hall–Kier alpha value is -1.72. The summed E-state index contributed by atoms with van der Waals surface area (Å²) < 4.78 is 2.17. The average molecular weight is 316 g/mol. The Labute approximate surface area is 131 Å². The van der Waals surface area contributed by atoms with Crippen LogP contribution in [-0.4, -0.2) is 9.55 Å². The lowest BCUT2D eigenvalue weighted by atomic mass is 10.2. The van der Waals surface area contributed by atoms with Crippen molar-refractivity contribution >= 4 is 34.5 Å². The quantitative estimate of drug-likeness (QED) is 0.734. The molecule has 2 aromatic heterocycles. The molecule has 2 heterocycles. The number of H-pyrrole nitrogens is 1. The summed E-state index contributed by atoms with van der Waals surface area (Å²) in [4.78, 5) is 18.4. The van der Waals surface area contributed by atoms with Crippen LogP contribution >= 0.6 is 23.6 Å². The van der Waals surface area contributed by atoms with Crippen LogP contribution in [0.15, 0.2) is 41.2 Å². The summed E-state index contributed by atoms with van der Waals surface area (Å²) >= 11 is 7.14. The summed E-state index contributed by atoms with van der Waals surface area (Å²) in [7, 11) is 0. The molecule has 3 aromatic rings. The number of aryl methyl sites for hydroxylation is 1. The van der Waals surface area contributed by atoms with E-state index < -0.39 is 0 Å². The highest BCUT2D eigenvalue weighted by atomic mass is 32.1. The van der Waals surface area contributed by atoms with Crippen molar-refractivity contribution < 1.29 is 0 Å². The predicted octanol–water partition coefficient (Wildman–Crippen LogP) is 4.23. The first-order valence-electron chi connectivity index (χ1n) is 6.85. The standard InChI is InChI=1S/C16H16N2OS2/c1-10(9-12-8-7-11(2)21-12)18-15(19)13-5-3-4-6-14(13)17-16(18)20/h3-8,10H,9H2,1-2H3,(H,17,20). The van der Waals surface area contributed by atoms with Crippen molar-refractivity contribution in [2.75, 3.05) is 0 Å². The van der Waals surface area contributed by atoms with Gasteiger partial charge in [-0.25, -0.2) is 0 Å². The molecule has 0 saturated heterocycles. The zero-order chi connectivity index (χ0) is 15.0. The second-order valence-electron chi connectivity index (χ2n) is 5.22. The molecule has 21 heavy (non-hydrogen) atoms. The number of para-hydroxylation sites is 1. The van der Waals surface area contributed by atoms with Crippen molar-refractivity contribution in [3.05, 3.63) is 61.3 Å². The smallest absolute Gasteiger partial charge is 0.262 e. The number of benzene rings is 1. The molecule has 0 aliphatic rings. The van der Waals surface area contributed by atoms with Gasteiger partial charge in [-0.3, -0.25) is 9.36 Å². The lowest BCUT2D eigenvalue weighted by Crippen LogP contribution is -2.26. The third-order valence-electron chi connectivity index (χ3n) is 3.57. The number of thiophene rings is 1. The summed E-state index contributed by atoms with van der Waals surface area (Å²) in [5.41, 5.74) is 0.776. The fourth-order valence-electron chi connectivity index (χ4n) is 2.55. The third kappa shape index (κ3) is 2.71. The highest BCUT2D eigenvalue weighted by Gasteiger charge is 2.13. The minimum atomic E-state index is -0.0184. The largest absolute Gasteiger partial charge is 0.332 e. The minimum Gasteiger partial charge on any atom is -0.332 e. The van der Waals surface area contributed by atoms with Crippen LogP contribution < -0.4 is 5.56 Å². The Morgan fingerprint density at radius 1 is 1.29 bits per heavy atom. The van der Waals surface area contributed by atoms with Gasteiger partial charge in [0.05, 0.1) is 10.9 Å². The number of aromatic amines is 1. The Balaban J connectivity index is 2.07. The molecule has 0 aliphatic carbocycles. The monoisotopic (exact) mass is 316 g/mol. The number of nitrogens with one attached hydrogen (secondary N) is 1. The van der Waals surface area contributed by atoms with Crippen LogP contribution in [0.3, 0.4) is 0 Å². The van der Waals surface area contributed by atoms with Gasteiger partial charge < -0.3 is 4.98 Å². The van der Waals surface area contributed by atoms with Gasteiger partial charge >= 0.3 is 0 Å². The Morgan fingerprint density at radius 3 is 2.76 bits per heavy atom. The van der Waals surface area contributed by atoms with Crippen molar-refractivity contribution in [3.63, 3.8) is 0 Å². The molecular weight excluding hydrogens is 300 g/mol. The van der Waals surface area contributed by atoms with Crippen LogP contribution in [0.5, 0.6) is 0 Å². The Morgan fingerprint density at radius 2 is 2.05 bits per heavy atom. The highest BCUT2D eigenvalue weighted by Crippen LogP contribution is 2.21. The lowest BCUT2D eigenvalue weighted by Gasteiger charge is -2.15. The van der Waals surface area contributed by atoms with Crippen LogP contribution in [0.4, 0.5) is 0 Å². The molecule has 1 atom stereocenters. The molecule has 0 spiro atoms. The minimum absolute atomic E-state index is 0.0184. The number of fused-ring (bicyclic) bond motifs is 1. The lowest BCUT2D eigenvalue weighted by molar-refractivity contribution is 0.520. The van der Waals surface area contributed by atoms with Crippen molar-refractivity contribution in [1.29, 1.82) is 0 Å². The molecule has 0 saturated carbocycles. The van der Waals surface area contributed by atoms with Crippen LogP contribution in [0.2, 0.25) is 0 Å². The topological polar surface area (TPSA) is 37.8 Å². The molecule has 1 N–H and O–H groups in total. The van der Waals surface area contributed by atoms with Crippen LogP contribution in [0, 0.1) is 11.7 Å². The number of aromatic nitrogens is 2. The molecule has 0 fully saturated rings. The van der Waals surface area contributed by atoms with Crippen molar-refractivity contribution in [3.8, 4) is 0 Å². The summed E-state index contributed by atoms with van der Waals surface area (Å²) in [6.45, 7) is 4.13. The summed E-state index contributed by atoms with van der Waals surface area (Å²) in [6, 6.07) is 11.7. The van der Waals surface area contributed by atoms with Gasteiger partial charge in [-0.05, 0) is 50.3 Å². The number of hydrogen-bond donors (Lipinski definition) is 1. The van der Waals surface area contributed by atoms with Crippen LogP contribution in [0.1, 0.15) is 22.7 Å². The number of nitrogens with zero attached hydrogens (tertiary/aromatic N) is 1. The maximum absolute atomic E-state index is 12.7. The Kier molecular flexibility index (Phi) is 3.78. The van der Waals surface area contributed by atoms with Crippen molar-refractivity contribution in [1.82, 2.24) is 9.55 Å². The number of rotatable bonds is 3. The second-order valence-corrected chi connectivity index (χ2v) is 6.98. The van der Waals surface area contributed by atoms with E-state index in [2.05, 4.69) is 24.0 Å². The Bertz CT molecular complexity index is 904. The maximum atomic E-state index is 12.7. The molecule has 0 bridgehead atoms. The van der Waals surface area contributed by atoms with Gasteiger partial charge in [0.25, 0.3) is 5.56 Å². The molecular formula is C16H16N2OS2. The molecule has 3 nitrogen and oxygen atoms in total. The van der Waals surface area contributed by atoms with E-state index in [0.717, 1.165) is 11.9 Å². The van der Waals surface area contributed by atoms with Crippen molar-refractivity contribution in [2.45, 2.75) is 26.3 Å². The highest BCUT2D eigenvalue weighted by molar-refractivity contribution is 7.71. The fourth-order valence-corrected chi connectivity index (χ4v) is 3.94. The molecule has 1 unspecified atom stereocenters. The molecule has 0 radical (unpaired) electrons. The van der Waals surface area contributed by atoms with Gasteiger partial charge in [0, 0.05) is 22.2 Å². The first kappa shape index (κ1) is 14.2. The molecule has 0 aliphatic heterocycles. The third-order valence-corrected chi connectivity index (χ3v) is 4.89. The van der Waals surface area contributed by atoms with E-state index in [9.17, 15) is 4.79 Å². The van der Waals surface area contributed by atoms with Gasteiger partial charge in [0.1, 0.15) is 0 Å². The summed E-state index contributed by atoms with van der Waals surface area (Å²) in [5.74, 6) is 0. The number of hydrogen-bond acceptors (Lipinski definition) is 3. The van der Waals surface area contributed by atoms with E-state index in [1.165, 1.54) is 9.75 Å². The first-order chi connectivity index (χ1) is 10.1. The summed E-state index contributed by atoms with van der Waals surface area (Å²) in [5, 5.41) is 0.681. The van der Waals surface area contributed by atoms with E-state index in [1.807, 2.05) is 31.2 Å². The zero-order valence-electron chi connectivity index (χ0n) is 11.9. The van der Waals surface area contributed by atoms with Gasteiger partial charge in [0.15, 0.2) is 4.77 Å². The fraction of sp³-hybridized carbons (Fsp3) is 0.250. The molecule has 0 amide bonds. The van der Waals surface area contributed by atoms with E-state index in [1.54, 1.807) is 15.9 Å². The van der Waals surface area contributed by atoms with E-state index in [0.29, 0.717) is 10.2 Å². The van der Waals surface area contributed by atoms with Crippen molar-refractivity contribution in [2.24, 2.45) is 0 Å². The molecule has 3 rings (SSSR count). The van der Waals surface area contributed by atoms with E-state index >= 15 is 0 Å². The van der Waals surface area contributed by atoms with Gasteiger partial charge in [-0.1, -0.05) is 12.1 Å². The SMILES string of the molecule is Cc1ccc(CC(C)n2c(=S)[nH]c3ccccc3c2=O)s1. The first-order valence-corrected chi connectivity index (χ1v) is 8.07. The van der Waals surface area contributed by atoms with E-state index in [-0.39, 0.29) is 11.6 Å². The molecule has 1 aromatic carbocycles. The normalized spacial score (nSPS) is 12.7. The maximum Gasteiger partial charge on any atom is 0.262 e. The summed E-state index contributed by atoms with van der Waals surface area (Å²) in [6.07, 6.45) is 0.814. The zero-order valence-corrected chi connectivity index (χ0v) is 13.6. The second kappa shape index (κ2) is 5.58. The van der Waals surface area contributed by atoms with Crippen LogP contribution in [0.25, 0.3) is 10.9 Å². The van der Waals surface area contributed by atoms with Crippen LogP contribution in [-0.2, 0) is 6.42 Å². The van der Waals surface area contributed by atoms with Gasteiger partial charge in [0.2, 0.25) is 0 Å².